The summed E-state index contributed by atoms with van der Waals surface area (Å²) >= 11 is 0. The lowest BCUT2D eigenvalue weighted by atomic mass is 9.69. The van der Waals surface area contributed by atoms with E-state index in [9.17, 15) is 0 Å². The van der Waals surface area contributed by atoms with E-state index < -0.39 is 0 Å². The van der Waals surface area contributed by atoms with Gasteiger partial charge in [0.15, 0.2) is 0 Å². The molecule has 1 N–H and O–H groups in total. The summed E-state index contributed by atoms with van der Waals surface area (Å²) in [6.07, 6.45) is 8.65. The van der Waals surface area contributed by atoms with E-state index >= 15 is 0 Å². The zero-order valence-corrected chi connectivity index (χ0v) is 11.6. The smallest absolute Gasteiger partial charge is 0.0103 e. The zero-order valence-electron chi connectivity index (χ0n) is 11.6. The lowest BCUT2D eigenvalue weighted by Crippen LogP contribution is -2.47. The van der Waals surface area contributed by atoms with E-state index in [2.05, 4.69) is 39.6 Å². The molecule has 1 rings (SSSR count). The molecule has 0 spiro atoms. The van der Waals surface area contributed by atoms with Crippen LogP contribution in [-0.2, 0) is 0 Å². The molecule has 0 heterocycles. The van der Waals surface area contributed by atoms with Gasteiger partial charge >= 0.3 is 0 Å². The first-order valence-corrected chi connectivity index (χ1v) is 6.82. The molecular weight excluding hydrogens is 194 g/mol. The molecule has 1 heteroatoms. The molecule has 1 saturated carbocycles. The highest BCUT2D eigenvalue weighted by Crippen LogP contribution is 2.38. The maximum Gasteiger partial charge on any atom is 0.0103 e. The van der Waals surface area contributed by atoms with Gasteiger partial charge in [0.2, 0.25) is 0 Å². The van der Waals surface area contributed by atoms with Crippen LogP contribution in [0.4, 0.5) is 0 Å². The third-order valence-electron chi connectivity index (χ3n) is 3.90. The maximum atomic E-state index is 3.82. The van der Waals surface area contributed by atoms with Crippen molar-refractivity contribution in [1.29, 1.82) is 0 Å². The summed E-state index contributed by atoms with van der Waals surface area (Å²) in [4.78, 5) is 0. The number of nitrogens with one attached hydrogen (secondary N) is 1. The Morgan fingerprint density at radius 2 is 1.94 bits per heavy atom. The fourth-order valence-electron chi connectivity index (χ4n) is 3.05. The van der Waals surface area contributed by atoms with Crippen LogP contribution in [0.5, 0.6) is 0 Å². The topological polar surface area (TPSA) is 12.0 Å². The van der Waals surface area contributed by atoms with E-state index in [-0.39, 0.29) is 0 Å². The van der Waals surface area contributed by atoms with Gasteiger partial charge in [0.05, 0.1) is 0 Å². The average molecular weight is 223 g/mol. The van der Waals surface area contributed by atoms with E-state index in [0.717, 1.165) is 12.3 Å². The van der Waals surface area contributed by atoms with Gasteiger partial charge in [-0.3, -0.25) is 0 Å². The van der Waals surface area contributed by atoms with Gasteiger partial charge in [-0.05, 0) is 37.5 Å². The summed E-state index contributed by atoms with van der Waals surface area (Å²) in [7, 11) is 0. The van der Waals surface area contributed by atoms with Gasteiger partial charge in [-0.2, -0.15) is 0 Å². The van der Waals surface area contributed by atoms with Crippen LogP contribution in [-0.4, -0.2) is 12.1 Å². The Hall–Kier alpha value is -0.300. The van der Waals surface area contributed by atoms with Crippen LogP contribution in [0.1, 0.15) is 59.8 Å². The second-order valence-electron chi connectivity index (χ2n) is 6.46. The Bertz CT molecular complexity index is 214. The average Bonchev–Trinajstić information content (AvgIpc) is 2.17. The van der Waals surface area contributed by atoms with E-state index in [1.807, 2.05) is 6.08 Å². The molecule has 1 fully saturated rings. The molecule has 0 bridgehead atoms. The minimum Gasteiger partial charge on any atom is -0.311 e. The van der Waals surface area contributed by atoms with Crippen LogP contribution >= 0.6 is 0 Å². The van der Waals surface area contributed by atoms with E-state index in [0.29, 0.717) is 17.5 Å². The summed E-state index contributed by atoms with van der Waals surface area (Å²) in [5.74, 6) is 0.827. The Balaban J connectivity index is 2.56. The van der Waals surface area contributed by atoms with Gasteiger partial charge < -0.3 is 5.32 Å². The normalized spacial score (nSPS) is 28.8. The van der Waals surface area contributed by atoms with Crippen LogP contribution in [0.15, 0.2) is 12.7 Å². The van der Waals surface area contributed by atoms with Crippen molar-refractivity contribution in [2.75, 3.05) is 0 Å². The first-order chi connectivity index (χ1) is 7.45. The predicted octanol–water partition coefficient (Wildman–Crippen LogP) is 4.15. The minimum absolute atomic E-state index is 0.436. The summed E-state index contributed by atoms with van der Waals surface area (Å²) in [6.45, 7) is 13.2. The summed E-state index contributed by atoms with van der Waals surface area (Å²) < 4.78 is 0. The van der Waals surface area contributed by atoms with Gasteiger partial charge in [0, 0.05) is 12.1 Å². The lowest BCUT2D eigenvalue weighted by Gasteiger charge is -2.42. The summed E-state index contributed by atoms with van der Waals surface area (Å²) in [5, 5.41) is 3.81. The predicted molar refractivity (Wildman–Crippen MR) is 72.6 cm³/mol. The quantitative estimate of drug-likeness (QED) is 0.706. The molecule has 0 amide bonds. The highest BCUT2D eigenvalue weighted by molar-refractivity contribution is 4.90. The molecule has 0 aliphatic heterocycles. The Labute approximate surface area is 102 Å². The third kappa shape index (κ3) is 3.93. The van der Waals surface area contributed by atoms with Gasteiger partial charge in [-0.1, -0.05) is 39.7 Å². The minimum atomic E-state index is 0.436. The number of hydrogen-bond acceptors (Lipinski definition) is 1. The zero-order chi connectivity index (χ0) is 12.2. The van der Waals surface area contributed by atoms with Crippen molar-refractivity contribution in [2.24, 2.45) is 11.3 Å². The summed E-state index contributed by atoms with van der Waals surface area (Å²) in [6, 6.07) is 1.29. The summed E-state index contributed by atoms with van der Waals surface area (Å²) in [5.41, 5.74) is 0.436. The molecule has 1 aliphatic rings. The largest absolute Gasteiger partial charge is 0.311 e. The first-order valence-electron chi connectivity index (χ1n) is 6.82. The van der Waals surface area contributed by atoms with E-state index in [4.69, 9.17) is 0 Å². The van der Waals surface area contributed by atoms with Crippen molar-refractivity contribution >= 4 is 0 Å². The van der Waals surface area contributed by atoms with Gasteiger partial charge in [0.1, 0.15) is 0 Å². The van der Waals surface area contributed by atoms with Crippen molar-refractivity contribution in [3.63, 3.8) is 0 Å². The van der Waals surface area contributed by atoms with Crippen molar-refractivity contribution in [3.05, 3.63) is 12.7 Å². The molecule has 0 radical (unpaired) electrons. The number of rotatable bonds is 4. The van der Waals surface area contributed by atoms with Crippen molar-refractivity contribution in [2.45, 2.75) is 71.9 Å². The van der Waals surface area contributed by atoms with Gasteiger partial charge in [0.25, 0.3) is 0 Å². The van der Waals surface area contributed by atoms with E-state index in [1.54, 1.807) is 0 Å². The number of hydrogen-bond donors (Lipinski definition) is 1. The highest BCUT2D eigenvalue weighted by Gasteiger charge is 2.34. The molecule has 3 atom stereocenters. The highest BCUT2D eigenvalue weighted by atomic mass is 15.0. The van der Waals surface area contributed by atoms with Crippen molar-refractivity contribution in [1.82, 2.24) is 5.32 Å². The molecule has 3 unspecified atom stereocenters. The molecule has 1 nitrogen and oxygen atoms in total. The Morgan fingerprint density at radius 1 is 1.31 bits per heavy atom. The Kier molecular flexibility index (Phi) is 5.04. The molecular formula is C15H29N. The first kappa shape index (κ1) is 13.8. The maximum absolute atomic E-state index is 3.82. The molecule has 16 heavy (non-hydrogen) atoms. The van der Waals surface area contributed by atoms with Crippen LogP contribution < -0.4 is 5.32 Å². The Morgan fingerprint density at radius 3 is 2.50 bits per heavy atom. The van der Waals surface area contributed by atoms with Crippen LogP contribution in [0.3, 0.4) is 0 Å². The molecule has 0 aromatic heterocycles. The molecule has 0 aromatic rings. The fourth-order valence-corrected chi connectivity index (χ4v) is 3.05. The standard InChI is InChI=1S/C15H29N/c1-6-9-12(2)16-14-11-8-7-10-13(14)15(3,4)5/h6,12-14,16H,1,7-11H2,2-5H3. The second kappa shape index (κ2) is 5.86. The SMILES string of the molecule is C=CCC(C)NC1CCCCC1C(C)(C)C. The van der Waals surface area contributed by atoms with Gasteiger partial charge in [-0.15, -0.1) is 6.58 Å². The molecule has 94 valence electrons. The second-order valence-corrected chi connectivity index (χ2v) is 6.46. The molecule has 0 aromatic carbocycles. The van der Waals surface area contributed by atoms with Crippen LogP contribution in [0.25, 0.3) is 0 Å². The lowest BCUT2D eigenvalue weighted by molar-refractivity contribution is 0.124. The van der Waals surface area contributed by atoms with Crippen molar-refractivity contribution < 1.29 is 0 Å². The van der Waals surface area contributed by atoms with Crippen molar-refractivity contribution in [3.8, 4) is 0 Å². The van der Waals surface area contributed by atoms with Crippen LogP contribution in [0, 0.1) is 11.3 Å². The van der Waals surface area contributed by atoms with Crippen LogP contribution in [0.2, 0.25) is 0 Å². The van der Waals surface area contributed by atoms with E-state index in [1.165, 1.54) is 25.7 Å². The van der Waals surface area contributed by atoms with Gasteiger partial charge in [-0.25, -0.2) is 0 Å². The fraction of sp³-hybridized carbons (Fsp3) is 0.867. The third-order valence-corrected chi connectivity index (χ3v) is 3.90. The molecule has 0 saturated heterocycles. The monoisotopic (exact) mass is 223 g/mol. The molecule has 1 aliphatic carbocycles.